The Morgan fingerprint density at radius 3 is 2.47 bits per heavy atom. The lowest BCUT2D eigenvalue weighted by Crippen LogP contribution is -2.47. The van der Waals surface area contributed by atoms with Crippen molar-refractivity contribution in [3.05, 3.63) is 0 Å². The van der Waals surface area contributed by atoms with Crippen LogP contribution in [-0.4, -0.2) is 36.8 Å². The lowest BCUT2D eigenvalue weighted by Gasteiger charge is -2.35. The van der Waals surface area contributed by atoms with E-state index in [1.165, 1.54) is 12.8 Å². The van der Waals surface area contributed by atoms with Crippen LogP contribution in [0.4, 0.5) is 0 Å². The van der Waals surface area contributed by atoms with Crippen LogP contribution in [0.1, 0.15) is 25.7 Å². The maximum absolute atomic E-state index is 10.8. The largest absolute Gasteiger partial charge is 0.480 e. The molecule has 4 heteroatoms. The molecule has 2 rings (SSSR count). The molecule has 0 amide bonds. The first-order chi connectivity index (χ1) is 7.27. The molecule has 0 spiro atoms. The van der Waals surface area contributed by atoms with E-state index in [-0.39, 0.29) is 6.04 Å². The van der Waals surface area contributed by atoms with Gasteiger partial charge in [0, 0.05) is 0 Å². The fourth-order valence-electron chi connectivity index (χ4n) is 2.77. The van der Waals surface area contributed by atoms with E-state index in [4.69, 9.17) is 5.11 Å². The van der Waals surface area contributed by atoms with Gasteiger partial charge in [-0.3, -0.25) is 4.79 Å². The van der Waals surface area contributed by atoms with Crippen LogP contribution in [0.3, 0.4) is 0 Å². The van der Waals surface area contributed by atoms with E-state index in [1.54, 1.807) is 0 Å². The highest BCUT2D eigenvalue weighted by molar-refractivity contribution is 5.73. The van der Waals surface area contributed by atoms with Crippen molar-refractivity contribution in [3.63, 3.8) is 0 Å². The highest BCUT2D eigenvalue weighted by atomic mass is 16.4. The minimum atomic E-state index is -0.699. The van der Waals surface area contributed by atoms with Crippen molar-refractivity contribution in [2.45, 2.75) is 31.7 Å². The summed E-state index contributed by atoms with van der Waals surface area (Å²) in [5.41, 5.74) is 0. The van der Waals surface area contributed by atoms with Gasteiger partial charge in [-0.1, -0.05) is 0 Å². The third-order valence-corrected chi connectivity index (χ3v) is 3.75. The van der Waals surface area contributed by atoms with Crippen molar-refractivity contribution in [1.29, 1.82) is 0 Å². The van der Waals surface area contributed by atoms with Crippen molar-refractivity contribution >= 4 is 5.97 Å². The molecule has 2 heterocycles. The van der Waals surface area contributed by atoms with Crippen LogP contribution in [0.25, 0.3) is 0 Å². The number of carboxylic acid groups (broad SMARTS) is 1. The topological polar surface area (TPSA) is 61.4 Å². The lowest BCUT2D eigenvalue weighted by atomic mass is 9.80. The van der Waals surface area contributed by atoms with Gasteiger partial charge in [0.25, 0.3) is 0 Å². The van der Waals surface area contributed by atoms with Crippen LogP contribution in [0.5, 0.6) is 0 Å². The standard InChI is InChI=1S/C11H20N2O2/c14-11(15)10-4-3-9(7-13-10)8-2-1-5-12-6-8/h8-10,12-13H,1-7H2,(H,14,15). The normalized spacial score (nSPS) is 37.5. The van der Waals surface area contributed by atoms with E-state index < -0.39 is 5.97 Å². The lowest BCUT2D eigenvalue weighted by molar-refractivity contribution is -0.140. The number of nitrogens with one attached hydrogen (secondary N) is 2. The first kappa shape index (κ1) is 10.9. The second-order valence-electron chi connectivity index (χ2n) is 4.74. The molecule has 3 N–H and O–H groups in total. The van der Waals surface area contributed by atoms with Crippen molar-refractivity contribution in [2.24, 2.45) is 11.8 Å². The Labute approximate surface area is 90.4 Å². The second kappa shape index (κ2) is 4.94. The second-order valence-corrected chi connectivity index (χ2v) is 4.74. The van der Waals surface area contributed by atoms with Crippen molar-refractivity contribution in [2.75, 3.05) is 19.6 Å². The molecule has 0 saturated carbocycles. The zero-order chi connectivity index (χ0) is 10.7. The van der Waals surface area contributed by atoms with Crippen LogP contribution < -0.4 is 10.6 Å². The number of carboxylic acids is 1. The van der Waals surface area contributed by atoms with E-state index in [2.05, 4.69) is 10.6 Å². The van der Waals surface area contributed by atoms with E-state index in [9.17, 15) is 4.79 Å². The van der Waals surface area contributed by atoms with Crippen molar-refractivity contribution in [3.8, 4) is 0 Å². The number of piperidine rings is 2. The molecular formula is C11H20N2O2. The predicted octanol–water partition coefficient (Wildman–Crippen LogP) is 0.439. The van der Waals surface area contributed by atoms with Crippen LogP contribution in [-0.2, 0) is 4.79 Å². The van der Waals surface area contributed by atoms with Gasteiger partial charge in [-0.15, -0.1) is 0 Å². The Hall–Kier alpha value is -0.610. The number of carbonyl (C=O) groups is 1. The summed E-state index contributed by atoms with van der Waals surface area (Å²) in [4.78, 5) is 10.8. The quantitative estimate of drug-likeness (QED) is 0.621. The van der Waals surface area contributed by atoms with Gasteiger partial charge < -0.3 is 15.7 Å². The summed E-state index contributed by atoms with van der Waals surface area (Å²) in [6, 6.07) is -0.308. The molecule has 2 saturated heterocycles. The maximum Gasteiger partial charge on any atom is 0.320 e. The average Bonchev–Trinajstić information content (AvgIpc) is 2.30. The molecule has 2 aliphatic heterocycles. The first-order valence-electron chi connectivity index (χ1n) is 5.94. The summed E-state index contributed by atoms with van der Waals surface area (Å²) in [7, 11) is 0. The fraction of sp³-hybridized carbons (Fsp3) is 0.909. The summed E-state index contributed by atoms with van der Waals surface area (Å²) >= 11 is 0. The molecule has 15 heavy (non-hydrogen) atoms. The van der Waals surface area contributed by atoms with Crippen LogP contribution in [0, 0.1) is 11.8 Å². The van der Waals surface area contributed by atoms with Crippen LogP contribution >= 0.6 is 0 Å². The summed E-state index contributed by atoms with van der Waals surface area (Å²) in [6.45, 7) is 3.14. The zero-order valence-corrected chi connectivity index (χ0v) is 9.04. The van der Waals surface area contributed by atoms with Crippen LogP contribution in [0.2, 0.25) is 0 Å². The highest BCUT2D eigenvalue weighted by Gasteiger charge is 2.30. The van der Waals surface area contributed by atoms with E-state index >= 15 is 0 Å². The van der Waals surface area contributed by atoms with Gasteiger partial charge in [0.1, 0.15) is 6.04 Å². The Kier molecular flexibility index (Phi) is 3.59. The summed E-state index contributed by atoms with van der Waals surface area (Å²) in [5, 5.41) is 15.4. The molecule has 2 fully saturated rings. The summed E-state index contributed by atoms with van der Waals surface area (Å²) < 4.78 is 0. The van der Waals surface area contributed by atoms with Gasteiger partial charge in [-0.05, 0) is 57.2 Å². The minimum absolute atomic E-state index is 0.308. The molecular weight excluding hydrogens is 192 g/mol. The zero-order valence-electron chi connectivity index (χ0n) is 9.04. The molecule has 0 aromatic rings. The Morgan fingerprint density at radius 2 is 1.93 bits per heavy atom. The molecule has 0 aliphatic carbocycles. The molecule has 0 radical (unpaired) electrons. The molecule has 3 atom stereocenters. The molecule has 0 bridgehead atoms. The Bertz CT molecular complexity index is 219. The average molecular weight is 212 g/mol. The van der Waals surface area contributed by atoms with Gasteiger partial charge >= 0.3 is 5.97 Å². The van der Waals surface area contributed by atoms with Gasteiger partial charge in [0.15, 0.2) is 0 Å². The molecule has 4 nitrogen and oxygen atoms in total. The number of hydrogen-bond acceptors (Lipinski definition) is 3. The summed E-state index contributed by atoms with van der Waals surface area (Å²) in [5.74, 6) is 0.726. The smallest absolute Gasteiger partial charge is 0.320 e. The number of aliphatic carboxylic acids is 1. The molecule has 2 aliphatic rings. The highest BCUT2D eigenvalue weighted by Crippen LogP contribution is 2.26. The van der Waals surface area contributed by atoms with E-state index in [0.29, 0.717) is 5.92 Å². The molecule has 0 aromatic heterocycles. The Balaban J connectivity index is 1.79. The fourth-order valence-corrected chi connectivity index (χ4v) is 2.77. The van der Waals surface area contributed by atoms with Gasteiger partial charge in [-0.25, -0.2) is 0 Å². The third-order valence-electron chi connectivity index (χ3n) is 3.75. The van der Waals surface area contributed by atoms with E-state index in [1.807, 2.05) is 0 Å². The van der Waals surface area contributed by atoms with Crippen molar-refractivity contribution < 1.29 is 9.90 Å². The molecule has 86 valence electrons. The monoisotopic (exact) mass is 212 g/mol. The predicted molar refractivity (Wildman–Crippen MR) is 57.7 cm³/mol. The Morgan fingerprint density at radius 1 is 1.13 bits per heavy atom. The van der Waals surface area contributed by atoms with Crippen LogP contribution in [0.15, 0.2) is 0 Å². The number of hydrogen-bond donors (Lipinski definition) is 3. The van der Waals surface area contributed by atoms with Gasteiger partial charge in [0.05, 0.1) is 0 Å². The number of rotatable bonds is 2. The maximum atomic E-state index is 10.8. The molecule has 0 aromatic carbocycles. The van der Waals surface area contributed by atoms with Gasteiger partial charge in [0.2, 0.25) is 0 Å². The SMILES string of the molecule is O=C(O)C1CCC(C2CCCNC2)CN1. The van der Waals surface area contributed by atoms with Crippen molar-refractivity contribution in [1.82, 2.24) is 10.6 Å². The molecule has 3 unspecified atom stereocenters. The minimum Gasteiger partial charge on any atom is -0.480 e. The summed E-state index contributed by atoms with van der Waals surface area (Å²) in [6.07, 6.45) is 4.42. The first-order valence-corrected chi connectivity index (χ1v) is 5.94. The van der Waals surface area contributed by atoms with E-state index in [0.717, 1.165) is 38.4 Å². The van der Waals surface area contributed by atoms with Gasteiger partial charge in [-0.2, -0.15) is 0 Å². The third kappa shape index (κ3) is 2.69.